The van der Waals surface area contributed by atoms with Crippen LogP contribution in [0, 0.1) is 0 Å². The molecule has 0 aliphatic carbocycles. The number of phenolic OH excluding ortho intramolecular Hbond substituents is 6. The molecule has 20 aromatic rings. The minimum atomic E-state index is -2.04. The van der Waals surface area contributed by atoms with E-state index in [0.717, 1.165) is 22.9 Å². The average Bonchev–Trinajstić information content (AvgIpc) is 0.746. The van der Waals surface area contributed by atoms with E-state index in [1.807, 2.05) is 54.6 Å². The molecule has 0 saturated carbocycles. The lowest BCUT2D eigenvalue weighted by atomic mass is 9.92. The second-order valence-electron chi connectivity index (χ2n) is 34.2. The van der Waals surface area contributed by atoms with Crippen LogP contribution in [0.1, 0.15) is 87.3 Å². The fourth-order valence-electron chi connectivity index (χ4n) is 17.3. The summed E-state index contributed by atoms with van der Waals surface area (Å²) in [5, 5.41) is 102. The number of nitrogens with one attached hydrogen (secondary N) is 2. The quantitative estimate of drug-likeness (QED) is 0.0248. The van der Waals surface area contributed by atoms with Crippen LogP contribution < -0.4 is 84.5 Å². The first-order valence-electron chi connectivity index (χ1n) is 47.5. The maximum atomic E-state index is 12.5. The summed E-state index contributed by atoms with van der Waals surface area (Å²) in [7, 11) is -5.98. The zero-order valence-electron chi connectivity index (χ0n) is 80.7. The van der Waals surface area contributed by atoms with E-state index in [1.54, 1.807) is 127 Å². The van der Waals surface area contributed by atoms with Crippen molar-refractivity contribution in [2.24, 2.45) is 0 Å². The summed E-state index contributed by atoms with van der Waals surface area (Å²) < 4.78 is 0. The van der Waals surface area contributed by atoms with E-state index < -0.39 is 21.8 Å². The van der Waals surface area contributed by atoms with Crippen LogP contribution >= 0.6 is 21.8 Å². The minimum Gasteiger partial charge on any atom is -0.872 e. The van der Waals surface area contributed by atoms with Crippen LogP contribution in [-0.2, 0) is 0 Å². The van der Waals surface area contributed by atoms with Gasteiger partial charge in [-0.3, -0.25) is 14.4 Å². The zero-order valence-corrected chi connectivity index (χ0v) is 83.4. The summed E-state index contributed by atoms with van der Waals surface area (Å²) in [5.41, 5.74) is 5.99. The van der Waals surface area contributed by atoms with Crippen molar-refractivity contribution in [3.63, 3.8) is 0 Å². The number of ketones is 1. The minimum absolute atomic E-state index is 0.0675. The average molecular weight is 1960 g/mol. The number of carbonyl (C=O) groups excluding carboxylic acids is 3. The molecule has 8 N–H and O–H groups in total. The summed E-state index contributed by atoms with van der Waals surface area (Å²) >= 11 is 0. The van der Waals surface area contributed by atoms with Gasteiger partial charge in [-0.15, -0.1) is 0 Å². The van der Waals surface area contributed by atoms with E-state index in [0.29, 0.717) is 33.9 Å². The third kappa shape index (κ3) is 25.5. The van der Waals surface area contributed by atoms with Crippen LogP contribution in [0.15, 0.2) is 546 Å². The molecule has 0 unspecified atom stereocenters. The molecule has 16 heteroatoms. The molecule has 13 nitrogen and oxygen atoms in total. The Balaban J connectivity index is 0.000000135. The van der Waals surface area contributed by atoms with Crippen molar-refractivity contribution < 1.29 is 55.2 Å². The molecule has 0 bridgehead atoms. The molecule has 145 heavy (non-hydrogen) atoms. The zero-order chi connectivity index (χ0) is 102. The largest absolute Gasteiger partial charge is 0.872 e. The lowest BCUT2D eigenvalue weighted by molar-refractivity contribution is -0.269. The molecule has 0 saturated heterocycles. The Morgan fingerprint density at radius 3 is 0.724 bits per heavy atom. The van der Waals surface area contributed by atoms with E-state index in [4.69, 9.17) is 5.11 Å². The van der Waals surface area contributed by atoms with Gasteiger partial charge in [0, 0.05) is 45.3 Å². The van der Waals surface area contributed by atoms with Crippen LogP contribution in [0.2, 0.25) is 0 Å². The highest BCUT2D eigenvalue weighted by molar-refractivity contribution is 8.02. The van der Waals surface area contributed by atoms with Gasteiger partial charge in [-0.25, -0.2) is 0 Å². The molecule has 0 atom stereocenters. The molecule has 20 rings (SSSR count). The van der Waals surface area contributed by atoms with Crippen LogP contribution in [-0.4, -0.2) is 48.2 Å². The first-order chi connectivity index (χ1) is 70.7. The Morgan fingerprint density at radius 1 is 0.221 bits per heavy atom. The van der Waals surface area contributed by atoms with Crippen molar-refractivity contribution in [1.29, 1.82) is 0 Å². The Labute approximate surface area is 850 Å². The Kier molecular flexibility index (Phi) is 36.6. The lowest BCUT2D eigenvalue weighted by Crippen LogP contribution is -2.38. The van der Waals surface area contributed by atoms with Crippen LogP contribution in [0.25, 0.3) is 11.1 Å². The van der Waals surface area contributed by atoms with Gasteiger partial charge in [0.1, 0.15) is 120 Å². The predicted molar refractivity (Wildman–Crippen MR) is 601 cm³/mol. The van der Waals surface area contributed by atoms with Gasteiger partial charge in [-0.1, -0.05) is 373 Å². The fraction of sp³-hybridized carbons (Fsp3) is 0.0465. The molecule has 0 spiro atoms. The molecule has 0 aliphatic rings. The van der Waals surface area contributed by atoms with Gasteiger partial charge in [-0.2, -0.15) is 0 Å². The molecular formula is C129H112N2O11P3+. The third-order valence-electron chi connectivity index (χ3n) is 24.2. The van der Waals surface area contributed by atoms with E-state index in [2.05, 4.69) is 366 Å². The Hall–Kier alpha value is -17.3. The number of benzene rings is 20. The maximum Gasteiger partial charge on any atom is 0.255 e. The Bertz CT molecular complexity index is 6880. The standard InChI is InChI=1S/2C24H19OP.C24H20P.C19H23NO2.C13H11NO2.C13H10O3.C12H10O2/c2*25-20-16-18-24(19-17-20)26(21-10-4-1-5-11-21,22-12-6-2-7-13-22)23-14-8-3-9-15-23;1-5-13-21(14-6-1)25(22-15-7-2-8-16-22,23-17-9-3-10-18-23)24-19-11-4-12-20-24;1-12(2)14-9-7-10-15(13(3)4)18(14)20-19(22)16-8-5-6-11-17(16)21;15-12-9-5-4-8-11(12)13(16)14-10-6-2-1-3-7-10;14-10-6-7-11(12(15)8-10)13(16)9-4-2-1-3-5-9;13-11-7-3-1-5-9(11)10-6-2-4-8-12(10)14/h2*1-19H;1-20H;5-13,21H,1-4H3,(H,20,22);1-9,15H,(H,14,16);1-8,14-15H;1-8,13-14H/q;;+1;;;;. The second kappa shape index (κ2) is 51.2. The number of para-hydroxylation sites is 6. The number of carbonyl (C=O) groups is 3. The molecule has 0 aliphatic heterocycles. The van der Waals surface area contributed by atoms with E-state index in [9.17, 15) is 50.1 Å². The predicted octanol–water partition coefficient (Wildman–Crippen LogP) is 23.7. The molecule has 20 aromatic carbocycles. The molecular weight excluding hydrogens is 1850 g/mol. The van der Waals surface area contributed by atoms with Crippen molar-refractivity contribution in [2.75, 3.05) is 10.6 Å². The number of aromatic hydroxyl groups is 6. The topological polar surface area (TPSA) is 243 Å². The first-order valence-corrected chi connectivity index (χ1v) is 52.9. The highest BCUT2D eigenvalue weighted by Crippen LogP contribution is 2.57. The first kappa shape index (κ1) is 104. The van der Waals surface area contributed by atoms with Crippen molar-refractivity contribution in [3.8, 4) is 57.1 Å². The lowest BCUT2D eigenvalue weighted by Gasteiger charge is -2.27. The monoisotopic (exact) mass is 1960 g/mol. The highest BCUT2D eigenvalue weighted by Gasteiger charge is 2.50. The number of rotatable bonds is 21. The van der Waals surface area contributed by atoms with Gasteiger partial charge < -0.3 is 51.5 Å². The normalized spacial score (nSPS) is 10.8. The van der Waals surface area contributed by atoms with E-state index >= 15 is 0 Å². The van der Waals surface area contributed by atoms with Gasteiger partial charge in [-0.05, 0) is 229 Å². The maximum absolute atomic E-state index is 12.5. The summed E-state index contributed by atoms with van der Waals surface area (Å²) in [5.74, 6) is -0.284. The summed E-state index contributed by atoms with van der Waals surface area (Å²) in [4.78, 5) is 36.1. The second-order valence-corrected chi connectivity index (χ2v) is 44.4. The van der Waals surface area contributed by atoms with Crippen molar-refractivity contribution in [1.82, 2.24) is 0 Å². The van der Waals surface area contributed by atoms with Crippen LogP contribution in [0.3, 0.4) is 0 Å². The molecule has 0 aromatic heterocycles. The summed E-state index contributed by atoms with van der Waals surface area (Å²) in [6.07, 6.45) is 0. The van der Waals surface area contributed by atoms with Gasteiger partial charge in [0.25, 0.3) is 11.8 Å². The SMILES string of the molecule is CC(C)c1cccc(C(C)C)c1NC(=O)c1ccccc1[O-].O=C(Nc1ccccc1)c1ccccc1[O-].O=C(c1ccccc1)c1ccc(O)cc1O.Oc1ccc([P+](c2ccccc2)(c2ccccc2)c2ccccc2)cc1.Oc1ccc([P+](c2ccccc2)(c2ccccc2)c2ccccc2)cc1.Oc1ccccc1-c1ccccc1O.c1ccc([P+](c2ccccc2)(c2ccccc2)c2ccccc2)cc1. The van der Waals surface area contributed by atoms with E-state index in [1.165, 1.54) is 94.0 Å². The van der Waals surface area contributed by atoms with Gasteiger partial charge in [0.2, 0.25) is 0 Å². The van der Waals surface area contributed by atoms with Gasteiger partial charge in [0.15, 0.2) is 5.78 Å². The molecule has 0 fully saturated rings. The molecule has 2 amide bonds. The molecule has 0 radical (unpaired) electrons. The van der Waals surface area contributed by atoms with Crippen molar-refractivity contribution in [2.45, 2.75) is 39.5 Å². The van der Waals surface area contributed by atoms with E-state index in [-0.39, 0.29) is 80.6 Å². The number of hydrogen-bond donors (Lipinski definition) is 8. The molecule has 718 valence electrons. The smallest absolute Gasteiger partial charge is 0.255 e. The summed E-state index contributed by atoms with van der Waals surface area (Å²) in [6, 6.07) is 178. The van der Waals surface area contributed by atoms with Crippen LogP contribution in [0.5, 0.6) is 46.0 Å². The summed E-state index contributed by atoms with van der Waals surface area (Å²) in [6.45, 7) is 8.38. The van der Waals surface area contributed by atoms with Crippen LogP contribution in [0.4, 0.5) is 11.4 Å². The van der Waals surface area contributed by atoms with Gasteiger partial charge in [0.05, 0.1) is 5.56 Å². The fourth-order valence-corrected chi connectivity index (χ4v) is 30.1. The Morgan fingerprint density at radius 2 is 0.455 bits per heavy atom. The molecule has 0 heterocycles. The number of phenols is 6. The third-order valence-corrected chi connectivity index (χ3v) is 37.0. The van der Waals surface area contributed by atoms with Crippen molar-refractivity contribution >= 4 is 114 Å². The number of amides is 2. The van der Waals surface area contributed by atoms with Crippen molar-refractivity contribution in [3.05, 3.63) is 579 Å². The number of hydrogen-bond acceptors (Lipinski definition) is 11. The van der Waals surface area contributed by atoms with Gasteiger partial charge >= 0.3 is 0 Å². The highest BCUT2D eigenvalue weighted by atomic mass is 31.2. The number of anilines is 2.